The average Bonchev–Trinajstić information content (AvgIpc) is 2.79. The molecule has 1 N–H and O–H groups in total. The zero-order valence-corrected chi connectivity index (χ0v) is 9.63. The summed E-state index contributed by atoms with van der Waals surface area (Å²) in [6, 6.07) is 0. The van der Waals surface area contributed by atoms with E-state index in [4.69, 9.17) is 11.6 Å². The van der Waals surface area contributed by atoms with E-state index in [9.17, 15) is 4.79 Å². The van der Waals surface area contributed by atoms with Gasteiger partial charge in [-0.3, -0.25) is 4.79 Å². The van der Waals surface area contributed by atoms with Crippen LogP contribution in [0.1, 0.15) is 16.1 Å². The molecule has 7 heteroatoms. The number of thiazole rings is 1. The van der Waals surface area contributed by atoms with Gasteiger partial charge in [0.15, 0.2) is 6.29 Å². The molecule has 0 atom stereocenters. The second-order valence-electron chi connectivity index (χ2n) is 2.88. The fourth-order valence-corrected chi connectivity index (χ4v) is 1.85. The Balaban J connectivity index is 2.15. The third-order valence-electron chi connectivity index (χ3n) is 1.87. The molecule has 2 aromatic rings. The van der Waals surface area contributed by atoms with E-state index in [1.54, 1.807) is 5.51 Å². The summed E-state index contributed by atoms with van der Waals surface area (Å²) >= 11 is 7.26. The van der Waals surface area contributed by atoms with Crippen LogP contribution in [-0.2, 0) is 6.54 Å². The summed E-state index contributed by atoms with van der Waals surface area (Å²) in [5, 5.41) is 5.04. The van der Waals surface area contributed by atoms with Crippen molar-refractivity contribution >= 4 is 35.0 Å². The molecule has 16 heavy (non-hydrogen) atoms. The standard InChI is InChI=1S/C9H7ClN4OS/c10-8-7(2-15)9(13-4-12-8)11-1-6-3-16-5-14-6/h2-5H,1H2,(H,11,12,13). The van der Waals surface area contributed by atoms with Crippen LogP contribution in [0.2, 0.25) is 5.15 Å². The zero-order chi connectivity index (χ0) is 11.4. The summed E-state index contributed by atoms with van der Waals surface area (Å²) in [5.41, 5.74) is 2.89. The van der Waals surface area contributed by atoms with E-state index in [2.05, 4.69) is 20.3 Å². The third-order valence-corrected chi connectivity index (χ3v) is 2.81. The van der Waals surface area contributed by atoms with Crippen LogP contribution in [0.5, 0.6) is 0 Å². The first-order chi connectivity index (χ1) is 7.81. The molecule has 0 amide bonds. The number of aldehydes is 1. The summed E-state index contributed by atoms with van der Waals surface area (Å²) in [7, 11) is 0. The summed E-state index contributed by atoms with van der Waals surface area (Å²) in [4.78, 5) is 22.6. The van der Waals surface area contributed by atoms with Gasteiger partial charge in [0.05, 0.1) is 23.3 Å². The van der Waals surface area contributed by atoms with Gasteiger partial charge in [-0.25, -0.2) is 15.0 Å². The molecule has 2 rings (SSSR count). The Hall–Kier alpha value is -1.53. The smallest absolute Gasteiger partial charge is 0.156 e. The lowest BCUT2D eigenvalue weighted by atomic mass is 10.3. The van der Waals surface area contributed by atoms with Gasteiger partial charge in [0.2, 0.25) is 0 Å². The maximum absolute atomic E-state index is 10.8. The Labute approximate surface area is 101 Å². The van der Waals surface area contributed by atoms with Crippen molar-refractivity contribution < 1.29 is 4.79 Å². The van der Waals surface area contributed by atoms with Crippen LogP contribution in [0.3, 0.4) is 0 Å². The predicted molar refractivity (Wildman–Crippen MR) is 61.9 cm³/mol. The molecule has 0 aromatic carbocycles. The minimum atomic E-state index is 0.144. The number of halogens is 1. The van der Waals surface area contributed by atoms with Crippen molar-refractivity contribution in [2.75, 3.05) is 5.32 Å². The van der Waals surface area contributed by atoms with E-state index in [1.807, 2.05) is 5.38 Å². The van der Waals surface area contributed by atoms with Crippen molar-refractivity contribution in [3.8, 4) is 0 Å². The maximum atomic E-state index is 10.8. The van der Waals surface area contributed by atoms with Gasteiger partial charge in [0, 0.05) is 5.38 Å². The molecule has 0 aliphatic carbocycles. The fourth-order valence-electron chi connectivity index (χ4n) is 1.12. The molecular weight excluding hydrogens is 248 g/mol. The number of nitrogens with zero attached hydrogens (tertiary/aromatic N) is 3. The lowest BCUT2D eigenvalue weighted by Gasteiger charge is -2.06. The minimum Gasteiger partial charge on any atom is -0.364 e. The number of hydrogen-bond donors (Lipinski definition) is 1. The van der Waals surface area contributed by atoms with E-state index in [1.165, 1.54) is 17.7 Å². The van der Waals surface area contributed by atoms with Crippen LogP contribution in [-0.4, -0.2) is 21.2 Å². The molecule has 82 valence electrons. The van der Waals surface area contributed by atoms with Crippen molar-refractivity contribution in [1.82, 2.24) is 15.0 Å². The van der Waals surface area contributed by atoms with Crippen molar-refractivity contribution in [3.63, 3.8) is 0 Å². The van der Waals surface area contributed by atoms with Crippen LogP contribution >= 0.6 is 22.9 Å². The molecule has 0 unspecified atom stereocenters. The summed E-state index contributed by atoms with van der Waals surface area (Å²) in [6.45, 7) is 0.498. The van der Waals surface area contributed by atoms with Gasteiger partial charge in [0.1, 0.15) is 17.3 Å². The Morgan fingerprint density at radius 1 is 1.44 bits per heavy atom. The topological polar surface area (TPSA) is 67.8 Å². The summed E-state index contributed by atoms with van der Waals surface area (Å²) in [6.07, 6.45) is 1.93. The molecule has 5 nitrogen and oxygen atoms in total. The molecule has 2 aromatic heterocycles. The highest BCUT2D eigenvalue weighted by Crippen LogP contribution is 2.17. The highest BCUT2D eigenvalue weighted by Gasteiger charge is 2.08. The fraction of sp³-hybridized carbons (Fsp3) is 0.111. The van der Waals surface area contributed by atoms with Gasteiger partial charge in [-0.05, 0) is 0 Å². The quantitative estimate of drug-likeness (QED) is 0.668. The van der Waals surface area contributed by atoms with Crippen LogP contribution < -0.4 is 5.32 Å². The maximum Gasteiger partial charge on any atom is 0.156 e. The molecule has 0 bridgehead atoms. The lowest BCUT2D eigenvalue weighted by molar-refractivity contribution is 0.112. The van der Waals surface area contributed by atoms with Gasteiger partial charge in [0.25, 0.3) is 0 Å². The predicted octanol–water partition coefficient (Wildman–Crippen LogP) is 2.01. The van der Waals surface area contributed by atoms with Crippen molar-refractivity contribution in [2.45, 2.75) is 6.54 Å². The monoisotopic (exact) mass is 254 g/mol. The molecule has 0 aliphatic heterocycles. The first-order valence-corrected chi connectivity index (χ1v) is 5.70. The molecular formula is C9H7ClN4OS. The number of rotatable bonds is 4. The minimum absolute atomic E-state index is 0.144. The van der Waals surface area contributed by atoms with Crippen LogP contribution in [0.15, 0.2) is 17.2 Å². The molecule has 0 saturated carbocycles. The van der Waals surface area contributed by atoms with Crippen LogP contribution in [0.4, 0.5) is 5.82 Å². The number of carbonyl (C=O) groups is 1. The van der Waals surface area contributed by atoms with Gasteiger partial charge in [-0.1, -0.05) is 11.6 Å². The van der Waals surface area contributed by atoms with Gasteiger partial charge < -0.3 is 5.32 Å². The second kappa shape index (κ2) is 5.00. The number of aromatic nitrogens is 3. The first-order valence-electron chi connectivity index (χ1n) is 4.38. The molecule has 2 heterocycles. The first kappa shape index (κ1) is 11.0. The molecule has 0 fully saturated rings. The molecule has 0 aliphatic rings. The van der Waals surface area contributed by atoms with E-state index in [0.29, 0.717) is 18.6 Å². The number of anilines is 1. The summed E-state index contributed by atoms with van der Waals surface area (Å²) < 4.78 is 0. The SMILES string of the molecule is O=Cc1c(Cl)ncnc1NCc1cscn1. The second-order valence-corrected chi connectivity index (χ2v) is 3.95. The van der Waals surface area contributed by atoms with Crippen molar-refractivity contribution in [2.24, 2.45) is 0 Å². The normalized spacial score (nSPS) is 10.1. The number of hydrogen-bond acceptors (Lipinski definition) is 6. The van der Waals surface area contributed by atoms with E-state index in [-0.39, 0.29) is 10.7 Å². The van der Waals surface area contributed by atoms with Crippen LogP contribution in [0.25, 0.3) is 0 Å². The molecule has 0 radical (unpaired) electrons. The van der Waals surface area contributed by atoms with Crippen molar-refractivity contribution in [3.05, 3.63) is 33.6 Å². The largest absolute Gasteiger partial charge is 0.364 e. The van der Waals surface area contributed by atoms with E-state index < -0.39 is 0 Å². The Kier molecular flexibility index (Phi) is 3.43. The molecule has 0 saturated heterocycles. The summed E-state index contributed by atoms with van der Waals surface area (Å²) in [5.74, 6) is 0.419. The van der Waals surface area contributed by atoms with Gasteiger partial charge in [-0.2, -0.15) is 0 Å². The average molecular weight is 255 g/mol. The van der Waals surface area contributed by atoms with E-state index >= 15 is 0 Å². The third kappa shape index (κ3) is 2.34. The Morgan fingerprint density at radius 3 is 3.00 bits per heavy atom. The van der Waals surface area contributed by atoms with Gasteiger partial charge in [-0.15, -0.1) is 11.3 Å². The van der Waals surface area contributed by atoms with E-state index in [0.717, 1.165) is 5.69 Å². The van der Waals surface area contributed by atoms with Gasteiger partial charge >= 0.3 is 0 Å². The zero-order valence-electron chi connectivity index (χ0n) is 8.05. The Morgan fingerprint density at radius 2 is 2.31 bits per heavy atom. The molecule has 0 spiro atoms. The Bertz CT molecular complexity index is 488. The van der Waals surface area contributed by atoms with Crippen LogP contribution in [0, 0.1) is 0 Å². The number of nitrogens with one attached hydrogen (secondary N) is 1. The lowest BCUT2D eigenvalue weighted by Crippen LogP contribution is -2.05. The highest BCUT2D eigenvalue weighted by atomic mass is 35.5. The van der Waals surface area contributed by atoms with Crippen molar-refractivity contribution in [1.29, 1.82) is 0 Å². The highest BCUT2D eigenvalue weighted by molar-refractivity contribution is 7.07. The number of carbonyl (C=O) groups excluding carboxylic acids is 1.